The van der Waals surface area contributed by atoms with Crippen LogP contribution in [-0.2, 0) is 13.0 Å². The molecule has 0 saturated carbocycles. The van der Waals surface area contributed by atoms with Gasteiger partial charge in [0.2, 0.25) is 0 Å². The van der Waals surface area contributed by atoms with Crippen molar-refractivity contribution >= 4 is 5.96 Å². The van der Waals surface area contributed by atoms with E-state index in [-0.39, 0.29) is 0 Å². The Morgan fingerprint density at radius 3 is 2.83 bits per heavy atom. The Balaban J connectivity index is 1.72. The van der Waals surface area contributed by atoms with E-state index in [1.54, 1.807) is 13.4 Å². The summed E-state index contributed by atoms with van der Waals surface area (Å²) in [6.07, 6.45) is 2.64. The summed E-state index contributed by atoms with van der Waals surface area (Å²) in [6, 6.07) is 9.82. The van der Waals surface area contributed by atoms with Crippen molar-refractivity contribution in [1.82, 2.24) is 25.0 Å². The van der Waals surface area contributed by atoms with Gasteiger partial charge in [0.15, 0.2) is 5.96 Å². The van der Waals surface area contributed by atoms with Crippen molar-refractivity contribution in [2.75, 3.05) is 33.8 Å². The lowest BCUT2D eigenvalue weighted by Crippen LogP contribution is -2.42. The van der Waals surface area contributed by atoms with Crippen molar-refractivity contribution in [3.05, 3.63) is 42.5 Å². The molecule has 0 fully saturated rings. The van der Waals surface area contributed by atoms with Crippen molar-refractivity contribution in [3.63, 3.8) is 0 Å². The highest BCUT2D eigenvalue weighted by Gasteiger charge is 2.06. The number of ether oxygens (including phenoxy) is 1. The van der Waals surface area contributed by atoms with Crippen LogP contribution in [0, 0.1) is 0 Å². The van der Waals surface area contributed by atoms with Gasteiger partial charge in [-0.2, -0.15) is 0 Å². The van der Waals surface area contributed by atoms with Crippen molar-refractivity contribution in [2.45, 2.75) is 19.9 Å². The second-order valence-corrected chi connectivity index (χ2v) is 5.35. The second kappa shape index (κ2) is 9.54. The van der Waals surface area contributed by atoms with E-state index < -0.39 is 0 Å². The number of nitrogens with zero attached hydrogens (tertiary/aromatic N) is 5. The summed E-state index contributed by atoms with van der Waals surface area (Å²) in [6.45, 7) is 5.01. The van der Waals surface area contributed by atoms with Crippen LogP contribution in [0.25, 0.3) is 0 Å². The Hall–Kier alpha value is -2.57. The predicted molar refractivity (Wildman–Crippen MR) is 95.3 cm³/mol. The molecular weight excluding hydrogens is 304 g/mol. The lowest BCUT2D eigenvalue weighted by Gasteiger charge is -2.22. The molecule has 0 aliphatic carbocycles. The minimum Gasteiger partial charge on any atom is -0.492 e. The van der Waals surface area contributed by atoms with Crippen LogP contribution in [-0.4, -0.2) is 59.4 Å². The van der Waals surface area contributed by atoms with Gasteiger partial charge >= 0.3 is 0 Å². The van der Waals surface area contributed by atoms with E-state index in [2.05, 4.69) is 36.9 Å². The summed E-state index contributed by atoms with van der Waals surface area (Å²) >= 11 is 0. The monoisotopic (exact) mass is 330 g/mol. The molecule has 0 atom stereocenters. The molecule has 1 aromatic carbocycles. The molecule has 7 heteroatoms. The van der Waals surface area contributed by atoms with Gasteiger partial charge in [-0.05, 0) is 12.1 Å². The Bertz CT molecular complexity index is 625. The maximum Gasteiger partial charge on any atom is 0.193 e. The maximum atomic E-state index is 5.72. The molecular formula is C17H26N6O. The van der Waals surface area contributed by atoms with Crippen LogP contribution in [0.4, 0.5) is 0 Å². The fourth-order valence-corrected chi connectivity index (χ4v) is 2.34. The molecule has 1 N–H and O–H groups in total. The van der Waals surface area contributed by atoms with Gasteiger partial charge in [-0.15, -0.1) is 10.2 Å². The van der Waals surface area contributed by atoms with Gasteiger partial charge in [-0.3, -0.25) is 4.99 Å². The third kappa shape index (κ3) is 5.26. The first-order valence-electron chi connectivity index (χ1n) is 8.21. The first kappa shape index (κ1) is 17.8. The molecule has 0 aliphatic rings. The molecule has 0 aliphatic heterocycles. The summed E-state index contributed by atoms with van der Waals surface area (Å²) in [4.78, 5) is 6.36. The molecule has 7 nitrogen and oxygen atoms in total. The lowest BCUT2D eigenvalue weighted by molar-refractivity contribution is 0.281. The molecule has 0 bridgehead atoms. The van der Waals surface area contributed by atoms with Gasteiger partial charge in [0.1, 0.15) is 24.5 Å². The Kier molecular flexibility index (Phi) is 7.07. The number of likely N-dealkylation sites (N-methyl/N-ethyl adjacent to an activating group) is 1. The third-order valence-electron chi connectivity index (χ3n) is 3.66. The molecule has 1 aromatic heterocycles. The van der Waals surface area contributed by atoms with Crippen LogP contribution in [0.15, 0.2) is 41.7 Å². The molecule has 0 saturated heterocycles. The highest BCUT2D eigenvalue weighted by molar-refractivity contribution is 5.79. The standard InChI is InChI=1S/C17H26N6O/c1-4-16-21-20-14-23(16)11-10-19-17(18-2)22(3)12-13-24-15-8-6-5-7-9-15/h5-9,14H,4,10-13H2,1-3H3,(H,18,19). The van der Waals surface area contributed by atoms with Gasteiger partial charge in [-0.1, -0.05) is 25.1 Å². The number of nitrogens with one attached hydrogen (secondary N) is 1. The van der Waals surface area contributed by atoms with Crippen molar-refractivity contribution < 1.29 is 4.74 Å². The van der Waals surface area contributed by atoms with Crippen LogP contribution in [0.1, 0.15) is 12.7 Å². The average molecular weight is 330 g/mol. The minimum atomic E-state index is 0.604. The van der Waals surface area contributed by atoms with E-state index in [4.69, 9.17) is 4.74 Å². The lowest BCUT2D eigenvalue weighted by atomic mass is 10.3. The maximum absolute atomic E-state index is 5.72. The second-order valence-electron chi connectivity index (χ2n) is 5.35. The molecule has 0 radical (unpaired) electrons. The van der Waals surface area contributed by atoms with Crippen LogP contribution in [0.3, 0.4) is 0 Å². The number of rotatable bonds is 8. The Morgan fingerprint density at radius 2 is 2.12 bits per heavy atom. The van der Waals surface area contributed by atoms with Crippen molar-refractivity contribution in [1.29, 1.82) is 0 Å². The fourth-order valence-electron chi connectivity index (χ4n) is 2.34. The number of hydrogen-bond donors (Lipinski definition) is 1. The first-order chi connectivity index (χ1) is 11.7. The van der Waals surface area contributed by atoms with Crippen LogP contribution < -0.4 is 10.1 Å². The zero-order valence-electron chi connectivity index (χ0n) is 14.6. The summed E-state index contributed by atoms with van der Waals surface area (Å²) in [5.74, 6) is 2.72. The molecule has 1 heterocycles. The van der Waals surface area contributed by atoms with Gasteiger partial charge in [-0.25, -0.2) is 0 Å². The van der Waals surface area contributed by atoms with E-state index >= 15 is 0 Å². The normalized spacial score (nSPS) is 11.4. The quantitative estimate of drug-likeness (QED) is 0.586. The zero-order valence-corrected chi connectivity index (χ0v) is 14.6. The summed E-state index contributed by atoms with van der Waals surface area (Å²) in [7, 11) is 3.78. The molecule has 24 heavy (non-hydrogen) atoms. The largest absolute Gasteiger partial charge is 0.492 e. The van der Waals surface area contributed by atoms with E-state index in [0.29, 0.717) is 6.61 Å². The van der Waals surface area contributed by atoms with Gasteiger partial charge in [0, 0.05) is 33.6 Å². The number of benzene rings is 1. The first-order valence-corrected chi connectivity index (χ1v) is 8.21. The predicted octanol–water partition coefficient (Wildman–Crippen LogP) is 1.43. The zero-order chi connectivity index (χ0) is 17.2. The summed E-state index contributed by atoms with van der Waals surface area (Å²) < 4.78 is 7.77. The number of hydrogen-bond acceptors (Lipinski definition) is 4. The van der Waals surface area contributed by atoms with Crippen molar-refractivity contribution in [2.24, 2.45) is 4.99 Å². The molecule has 130 valence electrons. The molecule has 2 aromatic rings. The highest BCUT2D eigenvalue weighted by atomic mass is 16.5. The highest BCUT2D eigenvalue weighted by Crippen LogP contribution is 2.07. The smallest absolute Gasteiger partial charge is 0.193 e. The molecule has 0 unspecified atom stereocenters. The summed E-state index contributed by atoms with van der Waals surface area (Å²) in [5, 5.41) is 11.4. The average Bonchev–Trinajstić information content (AvgIpc) is 3.07. The fraction of sp³-hybridized carbons (Fsp3) is 0.471. The number of aromatic nitrogens is 3. The van der Waals surface area contributed by atoms with Gasteiger partial charge < -0.3 is 19.5 Å². The Morgan fingerprint density at radius 1 is 1.33 bits per heavy atom. The number of aryl methyl sites for hydroxylation is 1. The van der Waals surface area contributed by atoms with Crippen LogP contribution >= 0.6 is 0 Å². The Labute approximate surface area is 143 Å². The number of aliphatic imine (C=N–C) groups is 1. The SMILES string of the molecule is CCc1nncn1CCNC(=NC)N(C)CCOc1ccccc1. The molecule has 0 amide bonds. The molecule has 2 rings (SSSR count). The van der Waals surface area contributed by atoms with Crippen LogP contribution in [0.2, 0.25) is 0 Å². The van der Waals surface area contributed by atoms with E-state index in [0.717, 1.165) is 43.6 Å². The van der Waals surface area contributed by atoms with Crippen LogP contribution in [0.5, 0.6) is 5.75 Å². The topological polar surface area (TPSA) is 67.6 Å². The van der Waals surface area contributed by atoms with Crippen molar-refractivity contribution in [3.8, 4) is 5.75 Å². The number of guanidine groups is 1. The van der Waals surface area contributed by atoms with Gasteiger partial charge in [0.25, 0.3) is 0 Å². The van der Waals surface area contributed by atoms with E-state index in [1.807, 2.05) is 37.4 Å². The van der Waals surface area contributed by atoms with Gasteiger partial charge in [0.05, 0.1) is 6.54 Å². The minimum absolute atomic E-state index is 0.604. The molecule has 0 spiro atoms. The number of para-hydroxylation sites is 1. The summed E-state index contributed by atoms with van der Waals surface area (Å²) in [5.41, 5.74) is 0. The van der Waals surface area contributed by atoms with E-state index in [9.17, 15) is 0 Å². The van der Waals surface area contributed by atoms with E-state index in [1.165, 1.54) is 0 Å². The third-order valence-corrected chi connectivity index (χ3v) is 3.66.